The highest BCUT2D eigenvalue weighted by Gasteiger charge is 2.31. The largest absolute Gasteiger partial charge is 0.491 e. The van der Waals surface area contributed by atoms with Crippen LogP contribution in [0.15, 0.2) is 24.3 Å². The number of piperidine rings is 1. The molecule has 17 heavy (non-hydrogen) atoms. The Morgan fingerprint density at radius 1 is 1.35 bits per heavy atom. The zero-order chi connectivity index (χ0) is 12.1. The third-order valence-electron chi connectivity index (χ3n) is 3.57. The van der Waals surface area contributed by atoms with Crippen LogP contribution in [0.5, 0.6) is 5.75 Å². The number of nitrogens with two attached hydrogens (primary N) is 1. The van der Waals surface area contributed by atoms with Crippen molar-refractivity contribution in [1.82, 2.24) is 5.32 Å². The normalized spacial score (nSPS) is 24.6. The van der Waals surface area contributed by atoms with Crippen LogP contribution in [0.3, 0.4) is 0 Å². The van der Waals surface area contributed by atoms with Gasteiger partial charge in [0, 0.05) is 6.54 Å². The minimum Gasteiger partial charge on any atom is -0.491 e. The molecule has 0 aliphatic carbocycles. The van der Waals surface area contributed by atoms with E-state index in [1.165, 1.54) is 18.4 Å². The highest BCUT2D eigenvalue weighted by molar-refractivity contribution is 5.31. The van der Waals surface area contributed by atoms with E-state index in [1.54, 1.807) is 0 Å². The van der Waals surface area contributed by atoms with E-state index in [0.29, 0.717) is 13.2 Å². The summed E-state index contributed by atoms with van der Waals surface area (Å²) in [5.41, 5.74) is 7.05. The van der Waals surface area contributed by atoms with Crippen molar-refractivity contribution in [2.75, 3.05) is 19.7 Å². The van der Waals surface area contributed by atoms with Gasteiger partial charge >= 0.3 is 0 Å². The zero-order valence-electron chi connectivity index (χ0n) is 10.5. The molecule has 2 rings (SSSR count). The number of hydrogen-bond acceptors (Lipinski definition) is 3. The van der Waals surface area contributed by atoms with Crippen LogP contribution in [-0.4, -0.2) is 25.2 Å². The molecule has 1 saturated heterocycles. The molecule has 1 aromatic carbocycles. The number of rotatable bonds is 4. The van der Waals surface area contributed by atoms with Gasteiger partial charge in [0.25, 0.3) is 0 Å². The fourth-order valence-electron chi connectivity index (χ4n) is 2.32. The van der Waals surface area contributed by atoms with Gasteiger partial charge in [0.15, 0.2) is 0 Å². The highest BCUT2D eigenvalue weighted by Crippen LogP contribution is 2.22. The Balaban J connectivity index is 1.98. The molecule has 1 aromatic rings. The van der Waals surface area contributed by atoms with E-state index in [2.05, 4.69) is 18.3 Å². The van der Waals surface area contributed by atoms with Gasteiger partial charge in [-0.1, -0.05) is 24.6 Å². The van der Waals surface area contributed by atoms with Crippen molar-refractivity contribution in [3.63, 3.8) is 0 Å². The first kappa shape index (κ1) is 12.4. The zero-order valence-corrected chi connectivity index (χ0v) is 10.5. The number of ether oxygens (including phenoxy) is 1. The minimum absolute atomic E-state index is 0.0273. The Kier molecular flexibility index (Phi) is 4.02. The number of benzene rings is 1. The summed E-state index contributed by atoms with van der Waals surface area (Å²) in [6, 6.07) is 8.12. The minimum atomic E-state index is -0.0273. The molecule has 0 bridgehead atoms. The summed E-state index contributed by atoms with van der Waals surface area (Å²) in [6.45, 7) is 4.42. The first-order valence-corrected chi connectivity index (χ1v) is 6.39. The van der Waals surface area contributed by atoms with E-state index >= 15 is 0 Å². The van der Waals surface area contributed by atoms with Crippen LogP contribution >= 0.6 is 0 Å². The molecule has 0 spiro atoms. The Bertz CT molecular complexity index is 359. The highest BCUT2D eigenvalue weighted by atomic mass is 16.5. The van der Waals surface area contributed by atoms with Gasteiger partial charge in [-0.15, -0.1) is 0 Å². The molecule has 1 atom stereocenters. The molecular formula is C14H22N2O. The van der Waals surface area contributed by atoms with Crippen molar-refractivity contribution in [2.45, 2.75) is 31.7 Å². The lowest BCUT2D eigenvalue weighted by molar-refractivity contribution is 0.153. The van der Waals surface area contributed by atoms with Crippen LogP contribution in [0.25, 0.3) is 0 Å². The SMILES string of the molecule is Cc1ccccc1OCC1(CN)CCCCN1. The number of nitrogens with one attached hydrogen (secondary N) is 1. The van der Waals surface area contributed by atoms with E-state index < -0.39 is 0 Å². The quantitative estimate of drug-likeness (QED) is 0.835. The summed E-state index contributed by atoms with van der Waals surface area (Å²) in [5, 5.41) is 3.52. The van der Waals surface area contributed by atoms with Crippen molar-refractivity contribution < 1.29 is 4.74 Å². The van der Waals surface area contributed by atoms with Gasteiger partial charge in [0.2, 0.25) is 0 Å². The fraction of sp³-hybridized carbons (Fsp3) is 0.571. The Morgan fingerprint density at radius 3 is 2.82 bits per heavy atom. The number of hydrogen-bond donors (Lipinski definition) is 2. The van der Waals surface area contributed by atoms with Crippen molar-refractivity contribution in [2.24, 2.45) is 5.73 Å². The average Bonchev–Trinajstić information content (AvgIpc) is 2.39. The third kappa shape index (κ3) is 2.99. The van der Waals surface area contributed by atoms with E-state index in [0.717, 1.165) is 18.7 Å². The average molecular weight is 234 g/mol. The second-order valence-electron chi connectivity index (χ2n) is 4.92. The Morgan fingerprint density at radius 2 is 2.18 bits per heavy atom. The number of para-hydroxylation sites is 1. The molecule has 1 heterocycles. The second kappa shape index (κ2) is 5.52. The maximum atomic E-state index is 5.93. The van der Waals surface area contributed by atoms with Gasteiger partial charge in [0.1, 0.15) is 12.4 Å². The van der Waals surface area contributed by atoms with E-state index in [-0.39, 0.29) is 5.54 Å². The molecule has 1 aliphatic heterocycles. The van der Waals surface area contributed by atoms with Crippen LogP contribution in [0.2, 0.25) is 0 Å². The van der Waals surface area contributed by atoms with Gasteiger partial charge < -0.3 is 15.8 Å². The van der Waals surface area contributed by atoms with Crippen molar-refractivity contribution in [3.8, 4) is 5.75 Å². The maximum absolute atomic E-state index is 5.93. The maximum Gasteiger partial charge on any atom is 0.122 e. The molecule has 0 radical (unpaired) electrons. The lowest BCUT2D eigenvalue weighted by Crippen LogP contribution is -2.57. The standard InChI is InChI=1S/C14H22N2O/c1-12-6-2-3-7-13(12)17-11-14(10-15)8-4-5-9-16-14/h2-3,6-7,16H,4-5,8-11,15H2,1H3. The number of aryl methyl sites for hydroxylation is 1. The predicted octanol–water partition coefficient (Wildman–Crippen LogP) is 1.84. The first-order valence-electron chi connectivity index (χ1n) is 6.39. The van der Waals surface area contributed by atoms with Gasteiger partial charge in [-0.05, 0) is 37.9 Å². The lowest BCUT2D eigenvalue weighted by Gasteiger charge is -2.37. The molecular weight excluding hydrogens is 212 g/mol. The summed E-state index contributed by atoms with van der Waals surface area (Å²) >= 11 is 0. The van der Waals surface area contributed by atoms with Gasteiger partial charge in [-0.3, -0.25) is 0 Å². The monoisotopic (exact) mass is 234 g/mol. The summed E-state index contributed by atoms with van der Waals surface area (Å²) in [7, 11) is 0. The van der Waals surface area contributed by atoms with Crippen LogP contribution in [0.4, 0.5) is 0 Å². The summed E-state index contributed by atoms with van der Waals surface area (Å²) < 4.78 is 5.93. The van der Waals surface area contributed by atoms with Crippen molar-refractivity contribution >= 4 is 0 Å². The van der Waals surface area contributed by atoms with Crippen LogP contribution in [0, 0.1) is 6.92 Å². The third-order valence-corrected chi connectivity index (χ3v) is 3.57. The molecule has 94 valence electrons. The molecule has 0 aromatic heterocycles. The van der Waals surface area contributed by atoms with Crippen LogP contribution < -0.4 is 15.8 Å². The molecule has 3 nitrogen and oxygen atoms in total. The second-order valence-corrected chi connectivity index (χ2v) is 4.92. The lowest BCUT2D eigenvalue weighted by atomic mass is 9.90. The van der Waals surface area contributed by atoms with Gasteiger partial charge in [0.05, 0.1) is 5.54 Å². The fourth-order valence-corrected chi connectivity index (χ4v) is 2.32. The van der Waals surface area contributed by atoms with E-state index in [1.807, 2.05) is 18.2 Å². The topological polar surface area (TPSA) is 47.3 Å². The predicted molar refractivity (Wildman–Crippen MR) is 70.3 cm³/mol. The molecule has 1 aliphatic rings. The molecule has 3 heteroatoms. The van der Waals surface area contributed by atoms with Crippen LogP contribution in [-0.2, 0) is 0 Å². The summed E-state index contributed by atoms with van der Waals surface area (Å²) in [4.78, 5) is 0. The molecule has 0 saturated carbocycles. The van der Waals surface area contributed by atoms with Crippen LogP contribution in [0.1, 0.15) is 24.8 Å². The van der Waals surface area contributed by atoms with Crippen molar-refractivity contribution in [3.05, 3.63) is 29.8 Å². The molecule has 0 amide bonds. The molecule has 1 unspecified atom stereocenters. The molecule has 1 fully saturated rings. The van der Waals surface area contributed by atoms with E-state index in [9.17, 15) is 0 Å². The Hall–Kier alpha value is -1.06. The van der Waals surface area contributed by atoms with Gasteiger partial charge in [-0.2, -0.15) is 0 Å². The van der Waals surface area contributed by atoms with Crippen molar-refractivity contribution in [1.29, 1.82) is 0 Å². The Labute approximate surface area is 103 Å². The first-order chi connectivity index (χ1) is 8.26. The van der Waals surface area contributed by atoms with E-state index in [4.69, 9.17) is 10.5 Å². The molecule has 3 N–H and O–H groups in total. The smallest absolute Gasteiger partial charge is 0.122 e. The van der Waals surface area contributed by atoms with Gasteiger partial charge in [-0.25, -0.2) is 0 Å². The summed E-state index contributed by atoms with van der Waals surface area (Å²) in [6.07, 6.45) is 3.59. The summed E-state index contributed by atoms with van der Waals surface area (Å²) in [5.74, 6) is 0.965.